The van der Waals surface area contributed by atoms with Crippen molar-refractivity contribution < 1.29 is 20.1 Å². The Morgan fingerprint density at radius 2 is 2.10 bits per heavy atom. The molecule has 1 aliphatic heterocycles. The highest BCUT2D eigenvalue weighted by Crippen LogP contribution is 2.32. The average molecular weight is 297 g/mol. The predicted molar refractivity (Wildman–Crippen MR) is 70.6 cm³/mol. The monoisotopic (exact) mass is 297 g/mol. The topological polar surface area (TPSA) is 178 Å². The van der Waals surface area contributed by atoms with Gasteiger partial charge in [0, 0.05) is 0 Å². The molecule has 2 unspecified atom stereocenters. The van der Waals surface area contributed by atoms with E-state index in [0.29, 0.717) is 5.52 Å². The Labute approximate surface area is 118 Å². The van der Waals surface area contributed by atoms with Crippen LogP contribution < -0.4 is 17.0 Å². The van der Waals surface area contributed by atoms with Crippen LogP contribution in [0.25, 0.3) is 11.2 Å². The lowest BCUT2D eigenvalue weighted by atomic mass is 10.1. The number of aliphatic hydroxyl groups is 3. The van der Waals surface area contributed by atoms with Crippen molar-refractivity contribution in [3.8, 4) is 0 Å². The SMILES string of the molecule is NNc1nc(N)c2ncn(C3OC(CO)[C@@H](O)[C@H]3O)c2n1. The normalized spacial score (nSPS) is 29.1. The number of aromatic nitrogens is 4. The zero-order valence-electron chi connectivity index (χ0n) is 10.8. The van der Waals surface area contributed by atoms with E-state index in [4.69, 9.17) is 21.4 Å². The van der Waals surface area contributed by atoms with Crippen LogP contribution in [-0.4, -0.2) is 59.8 Å². The molecule has 4 atom stereocenters. The first-order valence-corrected chi connectivity index (χ1v) is 6.16. The van der Waals surface area contributed by atoms with Gasteiger partial charge in [0.25, 0.3) is 0 Å². The first-order valence-electron chi connectivity index (χ1n) is 6.16. The van der Waals surface area contributed by atoms with Gasteiger partial charge in [-0.15, -0.1) is 0 Å². The Kier molecular flexibility index (Phi) is 3.35. The van der Waals surface area contributed by atoms with Crippen LogP contribution in [0.15, 0.2) is 6.33 Å². The number of rotatable bonds is 3. The third kappa shape index (κ3) is 2.07. The summed E-state index contributed by atoms with van der Waals surface area (Å²) in [5.74, 6) is 5.45. The molecule has 0 saturated carbocycles. The molecule has 0 spiro atoms. The summed E-state index contributed by atoms with van der Waals surface area (Å²) in [6, 6.07) is 0. The van der Waals surface area contributed by atoms with E-state index in [1.807, 2.05) is 0 Å². The van der Waals surface area contributed by atoms with Crippen LogP contribution in [0.4, 0.5) is 11.8 Å². The predicted octanol–water partition coefficient (Wildman–Crippen LogP) is -2.69. The van der Waals surface area contributed by atoms with Crippen molar-refractivity contribution in [1.82, 2.24) is 19.5 Å². The zero-order chi connectivity index (χ0) is 15.1. The van der Waals surface area contributed by atoms with Crippen molar-refractivity contribution in [2.24, 2.45) is 5.84 Å². The molecule has 11 heteroatoms. The highest BCUT2D eigenvalue weighted by atomic mass is 16.6. The van der Waals surface area contributed by atoms with Crippen molar-refractivity contribution in [2.45, 2.75) is 24.5 Å². The maximum atomic E-state index is 10.0. The fourth-order valence-electron chi connectivity index (χ4n) is 2.30. The number of nitrogens with zero attached hydrogens (tertiary/aromatic N) is 4. The number of ether oxygens (including phenoxy) is 1. The number of hydrazine groups is 1. The minimum Gasteiger partial charge on any atom is -0.394 e. The van der Waals surface area contributed by atoms with Gasteiger partial charge in [-0.2, -0.15) is 9.97 Å². The van der Waals surface area contributed by atoms with E-state index in [2.05, 4.69) is 20.4 Å². The van der Waals surface area contributed by atoms with Gasteiger partial charge in [-0.1, -0.05) is 0 Å². The Morgan fingerprint density at radius 3 is 2.71 bits per heavy atom. The molecule has 0 amide bonds. The van der Waals surface area contributed by atoms with Crippen molar-refractivity contribution in [2.75, 3.05) is 17.8 Å². The van der Waals surface area contributed by atoms with E-state index in [9.17, 15) is 10.2 Å². The highest BCUT2D eigenvalue weighted by Gasteiger charge is 2.44. The Morgan fingerprint density at radius 1 is 1.33 bits per heavy atom. The van der Waals surface area contributed by atoms with Gasteiger partial charge in [0.15, 0.2) is 17.7 Å². The third-order valence-corrected chi connectivity index (χ3v) is 3.37. The van der Waals surface area contributed by atoms with Gasteiger partial charge >= 0.3 is 0 Å². The van der Waals surface area contributed by atoms with Crippen molar-refractivity contribution in [1.29, 1.82) is 0 Å². The highest BCUT2D eigenvalue weighted by molar-refractivity contribution is 5.82. The molecule has 0 aromatic carbocycles. The van der Waals surface area contributed by atoms with Crippen LogP contribution in [0.1, 0.15) is 6.23 Å². The second kappa shape index (κ2) is 5.05. The van der Waals surface area contributed by atoms with Crippen molar-refractivity contribution >= 4 is 22.9 Å². The molecule has 0 radical (unpaired) electrons. The molecule has 0 aliphatic carbocycles. The third-order valence-electron chi connectivity index (χ3n) is 3.37. The second-order valence-corrected chi connectivity index (χ2v) is 4.63. The number of nitrogen functional groups attached to an aromatic ring is 2. The van der Waals surface area contributed by atoms with E-state index >= 15 is 0 Å². The Bertz CT molecular complexity index is 662. The van der Waals surface area contributed by atoms with Crippen LogP contribution in [-0.2, 0) is 4.74 Å². The minimum atomic E-state index is -1.25. The summed E-state index contributed by atoms with van der Waals surface area (Å²) in [6.07, 6.45) is -2.96. The molecule has 8 N–H and O–H groups in total. The Hall–Kier alpha value is -2.05. The molecule has 1 aliphatic rings. The number of nitrogens with two attached hydrogens (primary N) is 2. The molecule has 3 rings (SSSR count). The van der Waals surface area contributed by atoms with E-state index < -0.39 is 31.1 Å². The molecule has 11 nitrogen and oxygen atoms in total. The number of anilines is 2. The van der Waals surface area contributed by atoms with Gasteiger partial charge in [-0.3, -0.25) is 9.99 Å². The number of fused-ring (bicyclic) bond motifs is 1. The molecule has 1 fully saturated rings. The molecule has 21 heavy (non-hydrogen) atoms. The number of aliphatic hydroxyl groups excluding tert-OH is 3. The van der Waals surface area contributed by atoms with Gasteiger partial charge in [0.1, 0.15) is 23.8 Å². The number of nitrogens with one attached hydrogen (secondary N) is 1. The summed E-state index contributed by atoms with van der Waals surface area (Å²) >= 11 is 0. The van der Waals surface area contributed by atoms with Gasteiger partial charge < -0.3 is 25.8 Å². The summed E-state index contributed by atoms with van der Waals surface area (Å²) in [4.78, 5) is 12.1. The summed E-state index contributed by atoms with van der Waals surface area (Å²) < 4.78 is 6.82. The van der Waals surface area contributed by atoms with Crippen LogP contribution in [0, 0.1) is 0 Å². The molecule has 2 aromatic rings. The fourth-order valence-corrected chi connectivity index (χ4v) is 2.30. The molecule has 3 heterocycles. The minimum absolute atomic E-state index is 0.0773. The van der Waals surface area contributed by atoms with Crippen LogP contribution in [0.2, 0.25) is 0 Å². The van der Waals surface area contributed by atoms with Crippen molar-refractivity contribution in [3.05, 3.63) is 6.33 Å². The number of hydrogen-bond acceptors (Lipinski definition) is 10. The van der Waals surface area contributed by atoms with Gasteiger partial charge in [0.05, 0.1) is 12.9 Å². The largest absolute Gasteiger partial charge is 0.394 e. The first kappa shape index (κ1) is 13.9. The van der Waals surface area contributed by atoms with E-state index in [0.717, 1.165) is 0 Å². The smallest absolute Gasteiger partial charge is 0.241 e. The average Bonchev–Trinajstić information content (AvgIpc) is 3.02. The summed E-state index contributed by atoms with van der Waals surface area (Å²) in [6.45, 7) is -0.423. The maximum absolute atomic E-state index is 10.0. The van der Waals surface area contributed by atoms with Crippen LogP contribution in [0.5, 0.6) is 0 Å². The maximum Gasteiger partial charge on any atom is 0.241 e. The quantitative estimate of drug-likeness (QED) is 0.258. The van der Waals surface area contributed by atoms with Crippen molar-refractivity contribution in [3.63, 3.8) is 0 Å². The first-order chi connectivity index (χ1) is 10.1. The zero-order valence-corrected chi connectivity index (χ0v) is 10.8. The molecule has 0 bridgehead atoms. The molecular formula is C10H15N7O4. The number of imidazole rings is 1. The van der Waals surface area contributed by atoms with E-state index in [1.54, 1.807) is 0 Å². The molecule has 1 saturated heterocycles. The lowest BCUT2D eigenvalue weighted by Crippen LogP contribution is -2.33. The summed E-state index contributed by atoms with van der Waals surface area (Å²) in [5, 5.41) is 28.9. The lowest BCUT2D eigenvalue weighted by molar-refractivity contribution is -0.0511. The standard InChI is InChI=1S/C10H15N7O4/c11-7-4-8(15-10(14-7)16-12)17(2-13-4)9-6(20)5(19)3(1-18)21-9/h2-3,5-6,9,18-20H,1,12H2,(H3,11,14,15,16)/t3?,5-,6-,9?/m1/s1. The molecule has 2 aromatic heterocycles. The van der Waals surface area contributed by atoms with Gasteiger partial charge in [-0.05, 0) is 0 Å². The lowest BCUT2D eigenvalue weighted by Gasteiger charge is -2.16. The van der Waals surface area contributed by atoms with Crippen LogP contribution in [0.3, 0.4) is 0 Å². The number of hydrogen-bond donors (Lipinski definition) is 6. The van der Waals surface area contributed by atoms with E-state index in [-0.39, 0.29) is 17.4 Å². The fraction of sp³-hybridized carbons (Fsp3) is 0.500. The Balaban J connectivity index is 2.07. The molecular weight excluding hydrogens is 282 g/mol. The summed E-state index contributed by atoms with van der Waals surface area (Å²) in [5.41, 5.74) is 8.61. The summed E-state index contributed by atoms with van der Waals surface area (Å²) in [7, 11) is 0. The van der Waals surface area contributed by atoms with E-state index in [1.165, 1.54) is 10.9 Å². The van der Waals surface area contributed by atoms with Gasteiger partial charge in [-0.25, -0.2) is 10.8 Å². The van der Waals surface area contributed by atoms with Gasteiger partial charge in [0.2, 0.25) is 5.95 Å². The van der Waals surface area contributed by atoms with Crippen LogP contribution >= 0.6 is 0 Å². The second-order valence-electron chi connectivity index (χ2n) is 4.63. The molecule has 114 valence electrons.